The summed E-state index contributed by atoms with van der Waals surface area (Å²) in [7, 11) is 0. The first kappa shape index (κ1) is 17.0. The zero-order valence-corrected chi connectivity index (χ0v) is 14.2. The molecule has 0 spiro atoms. The van der Waals surface area contributed by atoms with Gasteiger partial charge in [-0.05, 0) is 24.6 Å². The molecule has 1 aliphatic rings. The smallest absolute Gasteiger partial charge is 0.197 e. The van der Waals surface area contributed by atoms with E-state index >= 15 is 0 Å². The topological polar surface area (TPSA) is 38.5 Å². The number of morpholine rings is 1. The van der Waals surface area contributed by atoms with E-state index in [-0.39, 0.29) is 12.0 Å². The van der Waals surface area contributed by atoms with E-state index in [1.165, 1.54) is 6.07 Å². The lowest BCUT2D eigenvalue weighted by molar-refractivity contribution is -0.0350. The zero-order chi connectivity index (χ0) is 17.3. The highest BCUT2D eigenvalue weighted by atomic mass is 19.2. The van der Waals surface area contributed by atoms with Crippen molar-refractivity contribution in [2.75, 3.05) is 19.7 Å². The highest BCUT2D eigenvalue weighted by Crippen LogP contribution is 2.26. The molecule has 6 heteroatoms. The lowest BCUT2D eigenvalue weighted by atomic mass is 10.1. The van der Waals surface area contributed by atoms with Crippen molar-refractivity contribution in [3.63, 3.8) is 0 Å². The van der Waals surface area contributed by atoms with Crippen LogP contribution in [0.2, 0.25) is 0 Å². The van der Waals surface area contributed by atoms with Crippen LogP contribution in [0.5, 0.6) is 0 Å². The Morgan fingerprint density at radius 2 is 2.08 bits per heavy atom. The van der Waals surface area contributed by atoms with Crippen LogP contribution in [0.3, 0.4) is 0 Å². The molecule has 0 amide bonds. The monoisotopic (exact) mass is 336 g/mol. The maximum atomic E-state index is 13.4. The molecule has 1 aliphatic heterocycles. The molecular formula is C18H22F2N2O2. The minimum Gasteiger partial charge on any atom is -0.444 e. The van der Waals surface area contributed by atoms with Crippen molar-refractivity contribution in [2.24, 2.45) is 0 Å². The predicted molar refractivity (Wildman–Crippen MR) is 85.7 cm³/mol. The molecule has 1 atom stereocenters. The molecular weight excluding hydrogens is 314 g/mol. The number of hydrogen-bond acceptors (Lipinski definition) is 4. The van der Waals surface area contributed by atoms with Gasteiger partial charge in [0.05, 0.1) is 24.9 Å². The Kier molecular flexibility index (Phi) is 4.96. The molecule has 0 aliphatic carbocycles. The number of rotatable bonds is 4. The van der Waals surface area contributed by atoms with Crippen LogP contribution in [-0.4, -0.2) is 29.6 Å². The van der Waals surface area contributed by atoms with Gasteiger partial charge in [-0.2, -0.15) is 0 Å². The van der Waals surface area contributed by atoms with Crippen molar-refractivity contribution in [3.05, 3.63) is 52.7 Å². The maximum Gasteiger partial charge on any atom is 0.197 e. The van der Waals surface area contributed by atoms with Gasteiger partial charge in [0.2, 0.25) is 0 Å². The van der Waals surface area contributed by atoms with Crippen LogP contribution < -0.4 is 0 Å². The number of hydrogen-bond donors (Lipinski definition) is 0. The van der Waals surface area contributed by atoms with E-state index in [2.05, 4.69) is 9.88 Å². The first-order chi connectivity index (χ1) is 11.4. The molecule has 1 unspecified atom stereocenters. The summed E-state index contributed by atoms with van der Waals surface area (Å²) in [5.41, 5.74) is 1.55. The number of aromatic nitrogens is 1. The first-order valence-electron chi connectivity index (χ1n) is 8.19. The Morgan fingerprint density at radius 1 is 1.29 bits per heavy atom. The molecule has 2 aromatic rings. The highest BCUT2D eigenvalue weighted by molar-refractivity contribution is 5.21. The predicted octanol–water partition coefficient (Wildman–Crippen LogP) is 3.96. The molecule has 24 heavy (non-hydrogen) atoms. The number of aryl methyl sites for hydroxylation is 1. The van der Waals surface area contributed by atoms with Crippen LogP contribution in [-0.2, 0) is 11.3 Å². The molecule has 2 heterocycles. The zero-order valence-electron chi connectivity index (χ0n) is 14.2. The lowest BCUT2D eigenvalue weighted by Gasteiger charge is -2.32. The van der Waals surface area contributed by atoms with Gasteiger partial charge in [0.15, 0.2) is 17.5 Å². The van der Waals surface area contributed by atoms with Gasteiger partial charge in [0, 0.05) is 19.0 Å². The number of oxazole rings is 1. The Hall–Kier alpha value is -1.79. The van der Waals surface area contributed by atoms with E-state index in [9.17, 15) is 8.78 Å². The Morgan fingerprint density at radius 3 is 2.75 bits per heavy atom. The molecule has 1 aromatic heterocycles. The summed E-state index contributed by atoms with van der Waals surface area (Å²) < 4.78 is 38.1. The Labute approximate surface area is 140 Å². The second-order valence-electron chi connectivity index (χ2n) is 6.48. The van der Waals surface area contributed by atoms with Crippen LogP contribution in [0.4, 0.5) is 8.78 Å². The normalized spacial score (nSPS) is 19.2. The fourth-order valence-corrected chi connectivity index (χ4v) is 2.81. The third kappa shape index (κ3) is 3.65. The molecule has 3 rings (SSSR count). The first-order valence-corrected chi connectivity index (χ1v) is 8.19. The van der Waals surface area contributed by atoms with E-state index < -0.39 is 11.6 Å². The van der Waals surface area contributed by atoms with Gasteiger partial charge in [0.25, 0.3) is 0 Å². The van der Waals surface area contributed by atoms with Crippen LogP contribution >= 0.6 is 0 Å². The summed E-state index contributed by atoms with van der Waals surface area (Å²) in [6.45, 7) is 8.56. The second kappa shape index (κ2) is 6.99. The van der Waals surface area contributed by atoms with Gasteiger partial charge < -0.3 is 9.15 Å². The number of halogens is 2. The Balaban J connectivity index is 1.70. The minimum atomic E-state index is -0.846. The number of ether oxygens (including phenoxy) is 1. The summed E-state index contributed by atoms with van der Waals surface area (Å²) >= 11 is 0. The van der Waals surface area contributed by atoms with Crippen molar-refractivity contribution >= 4 is 0 Å². The summed E-state index contributed by atoms with van der Waals surface area (Å²) in [6.07, 6.45) is -0.276. The van der Waals surface area contributed by atoms with Gasteiger partial charge in [0.1, 0.15) is 5.76 Å². The van der Waals surface area contributed by atoms with Gasteiger partial charge >= 0.3 is 0 Å². The van der Waals surface area contributed by atoms with E-state index in [1.807, 2.05) is 20.8 Å². The van der Waals surface area contributed by atoms with Crippen LogP contribution in [0.1, 0.15) is 48.8 Å². The molecule has 4 nitrogen and oxygen atoms in total. The van der Waals surface area contributed by atoms with Gasteiger partial charge in [-0.3, -0.25) is 4.90 Å². The molecule has 0 saturated carbocycles. The largest absolute Gasteiger partial charge is 0.444 e. The van der Waals surface area contributed by atoms with Crippen LogP contribution in [0.25, 0.3) is 0 Å². The van der Waals surface area contributed by atoms with E-state index in [0.29, 0.717) is 25.3 Å². The van der Waals surface area contributed by atoms with E-state index in [0.717, 1.165) is 30.0 Å². The van der Waals surface area contributed by atoms with Crippen molar-refractivity contribution in [1.29, 1.82) is 0 Å². The molecule has 1 aromatic carbocycles. The fourth-order valence-electron chi connectivity index (χ4n) is 2.81. The molecule has 1 saturated heterocycles. The average Bonchev–Trinajstić information content (AvgIpc) is 2.91. The molecule has 0 radical (unpaired) electrons. The van der Waals surface area contributed by atoms with E-state index in [4.69, 9.17) is 9.15 Å². The average molecular weight is 336 g/mol. The van der Waals surface area contributed by atoms with Gasteiger partial charge in [-0.1, -0.05) is 19.9 Å². The van der Waals surface area contributed by atoms with Crippen molar-refractivity contribution < 1.29 is 17.9 Å². The summed E-state index contributed by atoms with van der Waals surface area (Å²) in [5.74, 6) is 0.153. The van der Waals surface area contributed by atoms with Crippen molar-refractivity contribution in [1.82, 2.24) is 9.88 Å². The molecule has 0 N–H and O–H groups in total. The number of benzene rings is 1. The third-order valence-electron chi connectivity index (χ3n) is 4.24. The second-order valence-corrected chi connectivity index (χ2v) is 6.48. The SMILES string of the molecule is Cc1nc(C(C)C)oc1CN1CCOC(c2ccc(F)c(F)c2)C1. The van der Waals surface area contributed by atoms with Gasteiger partial charge in [-0.15, -0.1) is 0 Å². The maximum absolute atomic E-state index is 13.4. The fraction of sp³-hybridized carbons (Fsp3) is 0.500. The molecule has 130 valence electrons. The lowest BCUT2D eigenvalue weighted by Crippen LogP contribution is -2.37. The van der Waals surface area contributed by atoms with Crippen LogP contribution in [0.15, 0.2) is 22.6 Å². The number of nitrogens with zero attached hydrogens (tertiary/aromatic N) is 2. The van der Waals surface area contributed by atoms with Gasteiger partial charge in [-0.25, -0.2) is 13.8 Å². The third-order valence-corrected chi connectivity index (χ3v) is 4.24. The van der Waals surface area contributed by atoms with Crippen molar-refractivity contribution in [2.45, 2.75) is 39.3 Å². The summed E-state index contributed by atoms with van der Waals surface area (Å²) in [4.78, 5) is 6.65. The molecule has 1 fully saturated rings. The van der Waals surface area contributed by atoms with Crippen LogP contribution in [0, 0.1) is 18.6 Å². The quantitative estimate of drug-likeness (QED) is 0.847. The summed E-state index contributed by atoms with van der Waals surface area (Å²) in [5, 5.41) is 0. The Bertz CT molecular complexity index is 715. The van der Waals surface area contributed by atoms with Crippen molar-refractivity contribution in [3.8, 4) is 0 Å². The molecule has 0 bridgehead atoms. The standard InChI is InChI=1S/C18H22F2N2O2/c1-11(2)18-21-12(3)16(24-18)9-22-6-7-23-17(10-22)13-4-5-14(19)15(20)8-13/h4-5,8,11,17H,6-7,9-10H2,1-3H3. The minimum absolute atomic E-state index is 0.247. The highest BCUT2D eigenvalue weighted by Gasteiger charge is 2.25. The van der Waals surface area contributed by atoms with E-state index in [1.54, 1.807) is 6.07 Å². The summed E-state index contributed by atoms with van der Waals surface area (Å²) in [6, 6.07) is 3.92.